The van der Waals surface area contributed by atoms with Gasteiger partial charge in [0.25, 0.3) is 0 Å². The molecule has 1 aromatic carbocycles. The van der Waals surface area contributed by atoms with E-state index in [-0.39, 0.29) is 5.82 Å². The molecule has 15 heavy (non-hydrogen) atoms. The van der Waals surface area contributed by atoms with Crippen molar-refractivity contribution in [3.63, 3.8) is 0 Å². The van der Waals surface area contributed by atoms with E-state index in [1.165, 1.54) is 5.56 Å². The summed E-state index contributed by atoms with van der Waals surface area (Å²) in [5, 5.41) is 0. The first-order valence-corrected chi connectivity index (χ1v) is 6.51. The van der Waals surface area contributed by atoms with Crippen LogP contribution in [-0.2, 0) is 12.8 Å². The number of halogens is 3. The van der Waals surface area contributed by atoms with Crippen LogP contribution in [-0.4, -0.2) is 0 Å². The third-order valence-corrected chi connectivity index (χ3v) is 2.84. The summed E-state index contributed by atoms with van der Waals surface area (Å²) < 4.78 is 14.4. The fraction of sp³-hybridized carbons (Fsp3) is 0.333. The molecule has 0 spiro atoms. The van der Waals surface area contributed by atoms with E-state index in [9.17, 15) is 4.39 Å². The lowest BCUT2D eigenvalue weighted by Gasteiger charge is -2.10. The fourth-order valence-corrected chi connectivity index (χ4v) is 2.10. The van der Waals surface area contributed by atoms with Gasteiger partial charge in [-0.2, -0.15) is 0 Å². The number of aryl methyl sites for hydroxylation is 1. The minimum Gasteiger partial charge on any atom is -0.207 e. The Balaban J connectivity index is 3.40. The van der Waals surface area contributed by atoms with Crippen molar-refractivity contribution < 1.29 is 4.39 Å². The number of hydrogen-bond acceptors (Lipinski definition) is 0. The lowest BCUT2D eigenvalue weighted by atomic mass is 9.97. The lowest BCUT2D eigenvalue weighted by molar-refractivity contribution is 0.610. The monoisotopic (exact) mass is 334 g/mol. The van der Waals surface area contributed by atoms with E-state index in [0.717, 1.165) is 20.9 Å². The third-order valence-electron chi connectivity index (χ3n) is 2.38. The average molecular weight is 336 g/mol. The maximum absolute atomic E-state index is 13.6. The van der Waals surface area contributed by atoms with Gasteiger partial charge < -0.3 is 0 Å². The molecule has 1 aromatic rings. The molecule has 0 saturated carbocycles. The van der Waals surface area contributed by atoms with Gasteiger partial charge in [0, 0.05) is 0 Å². The molecule has 0 N–H and O–H groups in total. The molecule has 0 saturated heterocycles. The Morgan fingerprint density at radius 2 is 1.93 bits per heavy atom. The molecule has 0 aliphatic heterocycles. The Bertz CT molecular complexity index is 379. The van der Waals surface area contributed by atoms with Crippen molar-refractivity contribution >= 4 is 37.9 Å². The van der Waals surface area contributed by atoms with Crippen molar-refractivity contribution in [3.8, 4) is 0 Å². The second-order valence-corrected chi connectivity index (χ2v) is 6.01. The molecule has 0 aliphatic rings. The Morgan fingerprint density at radius 3 is 2.40 bits per heavy atom. The topological polar surface area (TPSA) is 0 Å². The quantitative estimate of drug-likeness (QED) is 0.726. The molecule has 0 radical (unpaired) electrons. The van der Waals surface area contributed by atoms with Crippen LogP contribution in [0.4, 0.5) is 4.39 Å². The van der Waals surface area contributed by atoms with Gasteiger partial charge in [-0.25, -0.2) is 4.39 Å². The second kappa shape index (κ2) is 5.80. The van der Waals surface area contributed by atoms with Crippen LogP contribution in [0.5, 0.6) is 0 Å². The van der Waals surface area contributed by atoms with E-state index in [1.54, 1.807) is 6.07 Å². The fourth-order valence-electron chi connectivity index (χ4n) is 1.64. The van der Waals surface area contributed by atoms with Crippen LogP contribution >= 0.6 is 31.9 Å². The van der Waals surface area contributed by atoms with E-state index in [4.69, 9.17) is 0 Å². The highest BCUT2D eigenvalue weighted by atomic mass is 79.9. The summed E-state index contributed by atoms with van der Waals surface area (Å²) in [5.74, 6) is -0.123. The van der Waals surface area contributed by atoms with Gasteiger partial charge in [0.05, 0.1) is 3.39 Å². The van der Waals surface area contributed by atoms with Gasteiger partial charge in [0.1, 0.15) is 5.82 Å². The minimum absolute atomic E-state index is 0.123. The van der Waals surface area contributed by atoms with Gasteiger partial charge in [0.15, 0.2) is 0 Å². The van der Waals surface area contributed by atoms with Crippen LogP contribution < -0.4 is 0 Å². The van der Waals surface area contributed by atoms with E-state index < -0.39 is 0 Å². The molecule has 0 bridgehead atoms. The predicted octanol–water partition coefficient (Wildman–Crippen LogP) is 5.04. The molecule has 0 fully saturated rings. The summed E-state index contributed by atoms with van der Waals surface area (Å²) in [6, 6.07) is 3.40. The Morgan fingerprint density at radius 1 is 1.27 bits per heavy atom. The van der Waals surface area contributed by atoms with Crippen molar-refractivity contribution in [2.45, 2.75) is 26.7 Å². The molecule has 82 valence electrons. The summed E-state index contributed by atoms with van der Waals surface area (Å²) in [4.78, 5) is 0. The van der Waals surface area contributed by atoms with E-state index in [1.807, 2.05) is 19.1 Å². The zero-order valence-corrected chi connectivity index (χ0v) is 12.0. The number of hydrogen-bond donors (Lipinski definition) is 0. The second-order valence-electron chi connectivity index (χ2n) is 3.24. The molecule has 0 atom stereocenters. The first-order valence-electron chi connectivity index (χ1n) is 4.93. The summed E-state index contributed by atoms with van der Waals surface area (Å²) in [6.45, 7) is 4.05. The molecule has 1 rings (SSSR count). The maximum atomic E-state index is 13.6. The van der Waals surface area contributed by atoms with Crippen LogP contribution in [0.2, 0.25) is 0 Å². The molecule has 0 aromatic heterocycles. The van der Waals surface area contributed by atoms with Crippen LogP contribution in [0.3, 0.4) is 0 Å². The zero-order valence-electron chi connectivity index (χ0n) is 8.78. The first-order chi connectivity index (χ1) is 7.10. The van der Waals surface area contributed by atoms with Crippen molar-refractivity contribution in [2.75, 3.05) is 0 Å². The number of rotatable bonds is 3. The summed E-state index contributed by atoms with van der Waals surface area (Å²) in [5.41, 5.74) is 2.94. The molecule has 0 heterocycles. The van der Waals surface area contributed by atoms with Gasteiger partial charge in [-0.3, -0.25) is 0 Å². The van der Waals surface area contributed by atoms with Gasteiger partial charge >= 0.3 is 0 Å². The van der Waals surface area contributed by atoms with Crippen LogP contribution in [0.15, 0.2) is 15.5 Å². The smallest absolute Gasteiger partial charge is 0.127 e. The average Bonchev–Trinajstić information content (AvgIpc) is 2.18. The Labute approximate surface area is 107 Å². The highest BCUT2D eigenvalue weighted by molar-refractivity contribution is 9.28. The van der Waals surface area contributed by atoms with Crippen molar-refractivity contribution in [1.82, 2.24) is 0 Å². The van der Waals surface area contributed by atoms with Crippen LogP contribution in [0, 0.1) is 5.82 Å². The molecular formula is C12H13Br2F. The van der Waals surface area contributed by atoms with Crippen LogP contribution in [0.25, 0.3) is 6.08 Å². The minimum atomic E-state index is -0.123. The van der Waals surface area contributed by atoms with Crippen molar-refractivity contribution in [1.29, 1.82) is 0 Å². The van der Waals surface area contributed by atoms with E-state index in [0.29, 0.717) is 6.42 Å². The largest absolute Gasteiger partial charge is 0.207 e. The normalized spacial score (nSPS) is 10.2. The SMILES string of the molecule is CCc1ccc(F)c(CC)c1C=C(Br)Br. The standard InChI is InChI=1S/C12H13Br2F/c1-3-8-5-6-11(15)9(4-2)10(8)7-12(13)14/h5-7H,3-4H2,1-2H3. The van der Waals surface area contributed by atoms with E-state index in [2.05, 4.69) is 38.8 Å². The Hall–Kier alpha value is -0.150. The molecule has 0 amide bonds. The predicted molar refractivity (Wildman–Crippen MR) is 71.0 cm³/mol. The molecule has 0 aliphatic carbocycles. The third kappa shape index (κ3) is 3.15. The summed E-state index contributed by atoms with van der Waals surface area (Å²) in [7, 11) is 0. The maximum Gasteiger partial charge on any atom is 0.127 e. The zero-order chi connectivity index (χ0) is 11.4. The highest BCUT2D eigenvalue weighted by Gasteiger charge is 2.09. The van der Waals surface area contributed by atoms with E-state index >= 15 is 0 Å². The van der Waals surface area contributed by atoms with Gasteiger partial charge in [-0.05, 0) is 73.5 Å². The van der Waals surface area contributed by atoms with Gasteiger partial charge in [-0.1, -0.05) is 19.9 Å². The lowest BCUT2D eigenvalue weighted by Crippen LogP contribution is -1.97. The van der Waals surface area contributed by atoms with Gasteiger partial charge in [0.2, 0.25) is 0 Å². The van der Waals surface area contributed by atoms with Crippen molar-refractivity contribution in [2.24, 2.45) is 0 Å². The first kappa shape index (κ1) is 12.9. The van der Waals surface area contributed by atoms with Crippen LogP contribution in [0.1, 0.15) is 30.5 Å². The Kier molecular flexibility index (Phi) is 5.00. The van der Waals surface area contributed by atoms with Gasteiger partial charge in [-0.15, -0.1) is 0 Å². The molecule has 0 unspecified atom stereocenters. The highest BCUT2D eigenvalue weighted by Crippen LogP contribution is 2.26. The molecule has 0 nitrogen and oxygen atoms in total. The molecular weight excluding hydrogens is 323 g/mol. The van der Waals surface area contributed by atoms with Crippen molar-refractivity contribution in [3.05, 3.63) is 38.0 Å². The molecule has 3 heteroatoms. The summed E-state index contributed by atoms with van der Waals surface area (Å²) >= 11 is 6.64. The summed E-state index contributed by atoms with van der Waals surface area (Å²) in [6.07, 6.45) is 3.53. The number of benzene rings is 1.